The van der Waals surface area contributed by atoms with Gasteiger partial charge in [-0.1, -0.05) is 7.43 Å². The lowest BCUT2D eigenvalue weighted by atomic mass is 10.1. The molecule has 0 aromatic heterocycles. The lowest BCUT2D eigenvalue weighted by molar-refractivity contribution is -0.145. The third kappa shape index (κ3) is 11.1. The van der Waals surface area contributed by atoms with Gasteiger partial charge in [-0.3, -0.25) is 9.59 Å². The first-order valence-corrected chi connectivity index (χ1v) is 4.93. The summed E-state index contributed by atoms with van der Waals surface area (Å²) in [5.41, 5.74) is 0. The van der Waals surface area contributed by atoms with Gasteiger partial charge in [-0.2, -0.15) is 0 Å². The Morgan fingerprint density at radius 3 is 0.941 bits per heavy atom. The van der Waals surface area contributed by atoms with Gasteiger partial charge < -0.3 is 20.4 Å². The fourth-order valence-corrected chi connectivity index (χ4v) is 0.413. The fourth-order valence-electron chi connectivity index (χ4n) is 0.413. The monoisotopic (exact) mass is 252 g/mol. The topological polar surface area (TPSA) is 115 Å². The van der Waals surface area contributed by atoms with E-state index in [-0.39, 0.29) is 7.43 Å². The van der Waals surface area contributed by atoms with Gasteiger partial charge in [-0.15, -0.1) is 0 Å². The van der Waals surface area contributed by atoms with E-state index in [4.69, 9.17) is 20.4 Å². The molecule has 0 bridgehead atoms. The van der Waals surface area contributed by atoms with Gasteiger partial charge in [0.15, 0.2) is 0 Å². The van der Waals surface area contributed by atoms with E-state index < -0.39 is 36.0 Å². The first-order valence-electron chi connectivity index (χ1n) is 4.93. The van der Waals surface area contributed by atoms with E-state index in [1.165, 1.54) is 27.7 Å². The van der Waals surface area contributed by atoms with Crippen LogP contribution in [0.4, 0.5) is 0 Å². The summed E-state index contributed by atoms with van der Waals surface area (Å²) in [6, 6.07) is 0. The molecule has 0 aliphatic heterocycles. The second kappa shape index (κ2) is 10.0. The molecule has 4 atom stereocenters. The van der Waals surface area contributed by atoms with Crippen LogP contribution in [0.5, 0.6) is 0 Å². The average Bonchev–Trinajstić information content (AvgIpc) is 2.15. The molecule has 0 spiro atoms. The Balaban J connectivity index is -0.000000218. The van der Waals surface area contributed by atoms with Crippen molar-refractivity contribution in [2.45, 2.75) is 47.3 Å². The van der Waals surface area contributed by atoms with Gasteiger partial charge in [0.2, 0.25) is 0 Å². The van der Waals surface area contributed by atoms with Crippen LogP contribution < -0.4 is 0 Å². The summed E-state index contributed by atoms with van der Waals surface area (Å²) >= 11 is 0. The van der Waals surface area contributed by atoms with E-state index >= 15 is 0 Å². The SMILES string of the molecule is C.C[C@H](C(=O)O)[C@@H](C)O.C[C@H](O)[C@@H](C)C(=O)O. The molecule has 0 rings (SSSR count). The number of carboxylic acid groups (broad SMARTS) is 2. The van der Waals surface area contributed by atoms with Crippen molar-refractivity contribution in [2.24, 2.45) is 11.8 Å². The van der Waals surface area contributed by atoms with E-state index in [1.807, 2.05) is 0 Å². The molecule has 17 heavy (non-hydrogen) atoms. The quantitative estimate of drug-likeness (QED) is 0.588. The van der Waals surface area contributed by atoms with Gasteiger partial charge in [-0.25, -0.2) is 0 Å². The molecule has 6 nitrogen and oxygen atoms in total. The highest BCUT2D eigenvalue weighted by Crippen LogP contribution is 2.00. The molecule has 0 unspecified atom stereocenters. The molecule has 4 N–H and O–H groups in total. The first-order chi connectivity index (χ1) is 7.11. The van der Waals surface area contributed by atoms with Crippen molar-refractivity contribution < 1.29 is 30.0 Å². The largest absolute Gasteiger partial charge is 0.481 e. The maximum Gasteiger partial charge on any atom is 0.308 e. The standard InChI is InChI=1S/2C5H10O3.CH4/c2*1-3(4(2)6)5(7)8;/h2*3-4,6H,1-2H3,(H,7,8);1H4/t2*3-,4+;/m10./s1. The van der Waals surface area contributed by atoms with Crippen LogP contribution in [0.3, 0.4) is 0 Å². The Labute approximate surface area is 102 Å². The molecule has 104 valence electrons. The van der Waals surface area contributed by atoms with Crippen molar-refractivity contribution in [3.05, 3.63) is 0 Å². The van der Waals surface area contributed by atoms with Crippen LogP contribution in [-0.2, 0) is 9.59 Å². The molecular formula is C11H24O6. The van der Waals surface area contributed by atoms with Gasteiger partial charge in [0.05, 0.1) is 24.0 Å². The summed E-state index contributed by atoms with van der Waals surface area (Å²) < 4.78 is 0. The third-order valence-corrected chi connectivity index (χ3v) is 2.23. The molecule has 0 saturated carbocycles. The molecule has 0 saturated heterocycles. The highest BCUT2D eigenvalue weighted by Gasteiger charge is 2.16. The van der Waals surface area contributed by atoms with Crippen LogP contribution in [0.1, 0.15) is 35.1 Å². The van der Waals surface area contributed by atoms with Gasteiger partial charge in [0.1, 0.15) is 0 Å². The van der Waals surface area contributed by atoms with Crippen LogP contribution >= 0.6 is 0 Å². The van der Waals surface area contributed by atoms with Crippen LogP contribution in [0.15, 0.2) is 0 Å². The molecule has 0 radical (unpaired) electrons. The zero-order valence-electron chi connectivity index (χ0n) is 9.91. The molecule has 6 heteroatoms. The number of hydrogen-bond donors (Lipinski definition) is 4. The Bertz CT molecular complexity index is 200. The van der Waals surface area contributed by atoms with Crippen molar-refractivity contribution in [2.75, 3.05) is 0 Å². The fraction of sp³-hybridized carbons (Fsp3) is 0.818. The van der Waals surface area contributed by atoms with Crippen LogP contribution in [0.25, 0.3) is 0 Å². The lowest BCUT2D eigenvalue weighted by Gasteiger charge is -2.06. The van der Waals surface area contributed by atoms with Gasteiger partial charge in [0.25, 0.3) is 0 Å². The lowest BCUT2D eigenvalue weighted by Crippen LogP contribution is -2.21. The number of aliphatic hydroxyl groups is 2. The molecule has 0 aromatic rings. The maximum atomic E-state index is 9.98. The van der Waals surface area contributed by atoms with E-state index in [9.17, 15) is 9.59 Å². The minimum Gasteiger partial charge on any atom is -0.481 e. The first kappa shape index (κ1) is 21.2. The second-order valence-corrected chi connectivity index (χ2v) is 3.74. The zero-order valence-corrected chi connectivity index (χ0v) is 9.91. The van der Waals surface area contributed by atoms with Crippen molar-refractivity contribution in [3.8, 4) is 0 Å². The Morgan fingerprint density at radius 2 is 0.941 bits per heavy atom. The summed E-state index contributed by atoms with van der Waals surface area (Å²) in [6.45, 7) is 5.84. The Kier molecular flexibility index (Phi) is 12.5. The van der Waals surface area contributed by atoms with Crippen molar-refractivity contribution >= 4 is 11.9 Å². The average molecular weight is 252 g/mol. The van der Waals surface area contributed by atoms with Crippen LogP contribution in [0.2, 0.25) is 0 Å². The van der Waals surface area contributed by atoms with Crippen molar-refractivity contribution in [1.29, 1.82) is 0 Å². The second-order valence-electron chi connectivity index (χ2n) is 3.74. The molecule has 0 amide bonds. The molecule has 0 aliphatic rings. The Morgan fingerprint density at radius 1 is 0.765 bits per heavy atom. The normalized spacial score (nSPS) is 16.4. The summed E-state index contributed by atoms with van der Waals surface area (Å²) in [7, 11) is 0. The smallest absolute Gasteiger partial charge is 0.308 e. The summed E-state index contributed by atoms with van der Waals surface area (Å²) in [5.74, 6) is -3.23. The number of rotatable bonds is 4. The van der Waals surface area contributed by atoms with Gasteiger partial charge in [-0.05, 0) is 27.7 Å². The van der Waals surface area contributed by atoms with Gasteiger partial charge >= 0.3 is 11.9 Å². The van der Waals surface area contributed by atoms with Gasteiger partial charge in [0, 0.05) is 0 Å². The summed E-state index contributed by atoms with van der Waals surface area (Å²) in [5, 5.41) is 33.6. The predicted octanol–water partition coefficient (Wildman–Crippen LogP) is 0.812. The number of aliphatic hydroxyl groups excluding tert-OH is 2. The number of carbonyl (C=O) groups is 2. The number of carboxylic acids is 2. The predicted molar refractivity (Wildman–Crippen MR) is 63.7 cm³/mol. The minimum absolute atomic E-state index is 0. The van der Waals surface area contributed by atoms with E-state index in [0.717, 1.165) is 0 Å². The highest BCUT2D eigenvalue weighted by molar-refractivity contribution is 5.70. The minimum atomic E-state index is -0.958. The third-order valence-electron chi connectivity index (χ3n) is 2.23. The molecular weight excluding hydrogens is 228 g/mol. The number of hydrogen-bond acceptors (Lipinski definition) is 4. The van der Waals surface area contributed by atoms with Crippen molar-refractivity contribution in [3.63, 3.8) is 0 Å². The molecule has 0 aliphatic carbocycles. The van der Waals surface area contributed by atoms with E-state index in [1.54, 1.807) is 0 Å². The van der Waals surface area contributed by atoms with E-state index in [0.29, 0.717) is 0 Å². The maximum absolute atomic E-state index is 9.98. The number of aliphatic carboxylic acids is 2. The molecule has 0 aromatic carbocycles. The molecule has 0 fully saturated rings. The van der Waals surface area contributed by atoms with Crippen LogP contribution in [-0.4, -0.2) is 44.6 Å². The van der Waals surface area contributed by atoms with Crippen molar-refractivity contribution in [1.82, 2.24) is 0 Å². The highest BCUT2D eigenvalue weighted by atomic mass is 16.4. The van der Waals surface area contributed by atoms with E-state index in [2.05, 4.69) is 0 Å². The summed E-state index contributed by atoms with van der Waals surface area (Å²) in [6.07, 6.45) is -1.51. The molecule has 0 heterocycles. The summed E-state index contributed by atoms with van der Waals surface area (Å²) in [4.78, 5) is 20.0. The van der Waals surface area contributed by atoms with Crippen LogP contribution in [0, 0.1) is 11.8 Å². The Hall–Kier alpha value is -1.14. The zero-order chi connectivity index (χ0) is 13.5.